The van der Waals surface area contributed by atoms with Gasteiger partial charge in [0, 0.05) is 42.0 Å². The van der Waals surface area contributed by atoms with Crippen molar-refractivity contribution in [3.05, 3.63) is 21.9 Å². The third kappa shape index (κ3) is 3.20. The number of urea groups is 1. The quantitative estimate of drug-likeness (QED) is 0.922. The number of carbonyl (C=O) groups is 2. The second-order valence-corrected chi connectivity index (χ2v) is 7.10. The molecule has 3 heterocycles. The number of amides is 3. The van der Waals surface area contributed by atoms with Crippen LogP contribution in [0, 0.1) is 6.92 Å². The van der Waals surface area contributed by atoms with Gasteiger partial charge in [0.1, 0.15) is 0 Å². The Kier molecular flexibility index (Phi) is 4.14. The average Bonchev–Trinajstić information content (AvgIpc) is 3.08. The SMILES string of the molecule is Cc1ccc(CC(=O)N2CCC(N3CCNC3=O)CC2)s1. The van der Waals surface area contributed by atoms with Crippen molar-refractivity contribution >= 4 is 23.3 Å². The van der Waals surface area contributed by atoms with Gasteiger partial charge in [0.05, 0.1) is 6.42 Å². The van der Waals surface area contributed by atoms with Crippen molar-refractivity contribution in [3.8, 4) is 0 Å². The van der Waals surface area contributed by atoms with Crippen molar-refractivity contribution in [1.82, 2.24) is 15.1 Å². The van der Waals surface area contributed by atoms with E-state index in [1.807, 2.05) is 15.9 Å². The molecule has 0 radical (unpaired) electrons. The molecule has 0 bridgehead atoms. The normalized spacial score (nSPS) is 20.0. The van der Waals surface area contributed by atoms with Crippen LogP contribution in [0.3, 0.4) is 0 Å². The summed E-state index contributed by atoms with van der Waals surface area (Å²) in [4.78, 5) is 30.2. The number of aryl methyl sites for hydroxylation is 1. The van der Waals surface area contributed by atoms with E-state index < -0.39 is 0 Å². The zero-order chi connectivity index (χ0) is 14.8. The van der Waals surface area contributed by atoms with Crippen LogP contribution < -0.4 is 5.32 Å². The van der Waals surface area contributed by atoms with E-state index in [0.717, 1.165) is 43.9 Å². The molecule has 0 spiro atoms. The van der Waals surface area contributed by atoms with Crippen molar-refractivity contribution in [2.75, 3.05) is 26.2 Å². The first-order valence-corrected chi connectivity index (χ1v) is 8.32. The Labute approximate surface area is 128 Å². The summed E-state index contributed by atoms with van der Waals surface area (Å²) in [6.07, 6.45) is 2.29. The summed E-state index contributed by atoms with van der Waals surface area (Å²) in [7, 11) is 0. The van der Waals surface area contributed by atoms with Crippen LogP contribution in [-0.4, -0.2) is 54.0 Å². The van der Waals surface area contributed by atoms with E-state index in [1.54, 1.807) is 11.3 Å². The molecule has 1 N–H and O–H groups in total. The molecule has 21 heavy (non-hydrogen) atoms. The van der Waals surface area contributed by atoms with Gasteiger partial charge in [-0.05, 0) is 31.9 Å². The highest BCUT2D eigenvalue weighted by atomic mass is 32.1. The number of nitrogens with zero attached hydrogens (tertiary/aromatic N) is 2. The molecule has 2 fully saturated rings. The Bertz CT molecular complexity index is 535. The van der Waals surface area contributed by atoms with E-state index in [0.29, 0.717) is 12.5 Å². The Morgan fingerprint density at radius 3 is 2.67 bits per heavy atom. The number of piperidine rings is 1. The van der Waals surface area contributed by atoms with Gasteiger partial charge in [-0.15, -0.1) is 11.3 Å². The van der Waals surface area contributed by atoms with E-state index >= 15 is 0 Å². The van der Waals surface area contributed by atoms with Gasteiger partial charge in [-0.1, -0.05) is 0 Å². The minimum absolute atomic E-state index is 0.0498. The molecule has 1 aromatic heterocycles. The molecule has 5 nitrogen and oxygen atoms in total. The third-order valence-electron chi connectivity index (χ3n) is 4.27. The van der Waals surface area contributed by atoms with Gasteiger partial charge < -0.3 is 15.1 Å². The van der Waals surface area contributed by atoms with Crippen LogP contribution in [0.4, 0.5) is 4.79 Å². The maximum atomic E-state index is 12.3. The topological polar surface area (TPSA) is 52.7 Å². The van der Waals surface area contributed by atoms with E-state index in [2.05, 4.69) is 18.3 Å². The van der Waals surface area contributed by atoms with Crippen LogP contribution in [0.1, 0.15) is 22.6 Å². The van der Waals surface area contributed by atoms with Crippen LogP contribution in [0.5, 0.6) is 0 Å². The van der Waals surface area contributed by atoms with E-state index in [1.165, 1.54) is 4.88 Å². The van der Waals surface area contributed by atoms with Crippen molar-refractivity contribution in [1.29, 1.82) is 0 Å². The van der Waals surface area contributed by atoms with Crippen LogP contribution >= 0.6 is 11.3 Å². The lowest BCUT2D eigenvalue weighted by atomic mass is 10.0. The van der Waals surface area contributed by atoms with E-state index in [-0.39, 0.29) is 11.9 Å². The predicted molar refractivity (Wildman–Crippen MR) is 82.5 cm³/mol. The van der Waals surface area contributed by atoms with Gasteiger partial charge in [-0.3, -0.25) is 4.79 Å². The highest BCUT2D eigenvalue weighted by molar-refractivity contribution is 7.12. The molecule has 0 atom stereocenters. The summed E-state index contributed by atoms with van der Waals surface area (Å²) in [5.74, 6) is 0.209. The number of hydrogen-bond acceptors (Lipinski definition) is 3. The van der Waals surface area contributed by atoms with Crippen molar-refractivity contribution in [3.63, 3.8) is 0 Å². The Balaban J connectivity index is 1.51. The Hall–Kier alpha value is -1.56. The second kappa shape index (κ2) is 6.05. The molecule has 2 saturated heterocycles. The van der Waals surface area contributed by atoms with Gasteiger partial charge >= 0.3 is 6.03 Å². The number of rotatable bonds is 3. The first-order chi connectivity index (χ1) is 10.1. The minimum atomic E-state index is 0.0498. The molecule has 3 amide bonds. The number of hydrogen-bond donors (Lipinski definition) is 1. The molecule has 0 aliphatic carbocycles. The van der Waals surface area contributed by atoms with Crippen LogP contribution in [0.25, 0.3) is 0 Å². The summed E-state index contributed by atoms with van der Waals surface area (Å²) in [5, 5.41) is 2.84. The molecule has 0 saturated carbocycles. The Morgan fingerprint density at radius 2 is 2.10 bits per heavy atom. The lowest BCUT2D eigenvalue weighted by Gasteiger charge is -2.36. The van der Waals surface area contributed by atoms with Crippen molar-refractivity contribution in [2.45, 2.75) is 32.2 Å². The number of thiophene rings is 1. The number of carbonyl (C=O) groups excluding carboxylic acids is 2. The largest absolute Gasteiger partial charge is 0.342 e. The zero-order valence-electron chi connectivity index (χ0n) is 12.3. The van der Waals surface area contributed by atoms with Crippen molar-refractivity contribution < 1.29 is 9.59 Å². The summed E-state index contributed by atoms with van der Waals surface area (Å²) < 4.78 is 0. The monoisotopic (exact) mass is 307 g/mol. The molecule has 0 aromatic carbocycles. The Morgan fingerprint density at radius 1 is 1.33 bits per heavy atom. The van der Waals surface area contributed by atoms with Gasteiger partial charge in [0.15, 0.2) is 0 Å². The molecule has 3 rings (SSSR count). The number of likely N-dealkylation sites (tertiary alicyclic amines) is 1. The third-order valence-corrected chi connectivity index (χ3v) is 5.27. The maximum Gasteiger partial charge on any atom is 0.317 e. The lowest BCUT2D eigenvalue weighted by Crippen LogP contribution is -2.48. The highest BCUT2D eigenvalue weighted by Gasteiger charge is 2.31. The summed E-state index contributed by atoms with van der Waals surface area (Å²) in [6.45, 7) is 5.13. The van der Waals surface area contributed by atoms with Gasteiger partial charge in [-0.25, -0.2) is 4.79 Å². The highest BCUT2D eigenvalue weighted by Crippen LogP contribution is 2.21. The fourth-order valence-corrected chi connectivity index (χ4v) is 3.98. The molecule has 114 valence electrons. The van der Waals surface area contributed by atoms with Crippen LogP contribution in [0.2, 0.25) is 0 Å². The smallest absolute Gasteiger partial charge is 0.317 e. The molecule has 1 aromatic rings. The summed E-state index contributed by atoms with van der Waals surface area (Å²) >= 11 is 1.69. The van der Waals surface area contributed by atoms with Gasteiger partial charge in [0.2, 0.25) is 5.91 Å². The van der Waals surface area contributed by atoms with E-state index in [9.17, 15) is 9.59 Å². The molecule has 6 heteroatoms. The maximum absolute atomic E-state index is 12.3. The molecular formula is C15H21N3O2S. The summed E-state index contributed by atoms with van der Waals surface area (Å²) in [5.41, 5.74) is 0. The van der Waals surface area contributed by atoms with Gasteiger partial charge in [0.25, 0.3) is 0 Å². The number of nitrogens with one attached hydrogen (secondary N) is 1. The predicted octanol–water partition coefficient (Wildman–Crippen LogP) is 1.62. The average molecular weight is 307 g/mol. The molecule has 0 unspecified atom stereocenters. The second-order valence-electron chi connectivity index (χ2n) is 5.73. The molecule has 2 aliphatic heterocycles. The van der Waals surface area contributed by atoms with Crippen LogP contribution in [-0.2, 0) is 11.2 Å². The molecular weight excluding hydrogens is 286 g/mol. The lowest BCUT2D eigenvalue weighted by molar-refractivity contribution is -0.131. The summed E-state index contributed by atoms with van der Waals surface area (Å²) in [6, 6.07) is 4.44. The van der Waals surface area contributed by atoms with Crippen LogP contribution in [0.15, 0.2) is 12.1 Å². The fraction of sp³-hybridized carbons (Fsp3) is 0.600. The van der Waals surface area contributed by atoms with Gasteiger partial charge in [-0.2, -0.15) is 0 Å². The fourth-order valence-electron chi connectivity index (χ4n) is 3.10. The van der Waals surface area contributed by atoms with E-state index in [4.69, 9.17) is 0 Å². The first-order valence-electron chi connectivity index (χ1n) is 7.51. The zero-order valence-corrected chi connectivity index (χ0v) is 13.1. The standard InChI is InChI=1S/C15H21N3O2S/c1-11-2-3-13(21-11)10-14(19)17-7-4-12(5-8-17)18-9-6-16-15(18)20/h2-3,12H,4-10H2,1H3,(H,16,20). The minimum Gasteiger partial charge on any atom is -0.342 e. The molecule has 2 aliphatic rings. The van der Waals surface area contributed by atoms with Crippen molar-refractivity contribution in [2.24, 2.45) is 0 Å². The first kappa shape index (κ1) is 14.4.